The molecule has 0 bridgehead atoms. The van der Waals surface area contributed by atoms with Gasteiger partial charge in [0.2, 0.25) is 0 Å². The Morgan fingerprint density at radius 1 is 0.938 bits per heavy atom. The molecule has 0 aliphatic carbocycles. The van der Waals surface area contributed by atoms with E-state index in [9.17, 15) is 0 Å². The van der Waals surface area contributed by atoms with Crippen LogP contribution in [-0.2, 0) is 0 Å². The lowest BCUT2D eigenvalue weighted by molar-refractivity contribution is 0.729. The fourth-order valence-corrected chi connectivity index (χ4v) is 3.51. The van der Waals surface area contributed by atoms with Crippen LogP contribution in [0.1, 0.15) is 31.9 Å². The zero-order valence-electron chi connectivity index (χ0n) is 11.9. The van der Waals surface area contributed by atoms with Crippen molar-refractivity contribution in [2.45, 2.75) is 52.8 Å². The summed E-state index contributed by atoms with van der Waals surface area (Å²) in [5.74, 6) is 0. The second kappa shape index (κ2) is 5.24. The minimum absolute atomic E-state index is 0. The fraction of sp³-hybridized carbons (Fsp3) is 0.571. The molecule has 0 saturated carbocycles. The molecular formula is C14H24MgSi. The van der Waals surface area contributed by atoms with Crippen LogP contribution in [0.5, 0.6) is 0 Å². The standard InChI is InChI=1S/C14H24Si.Mg/c1-11-8-9-13(10-12(11)2)15(6,7)14(3,4)5;/h8-10H,1-7H3;. The monoisotopic (exact) mass is 244 g/mol. The molecule has 0 aliphatic rings. The lowest BCUT2D eigenvalue weighted by atomic mass is 10.1. The first-order valence-electron chi connectivity index (χ1n) is 5.74. The summed E-state index contributed by atoms with van der Waals surface area (Å²) in [6, 6.07) is 7.00. The first kappa shape index (κ1) is 16.2. The Hall–Kier alpha value is 0.203. The maximum Gasteiger partial charge on any atom is 0.0859 e. The molecule has 0 fully saturated rings. The SMILES string of the molecule is Cc1ccc([Si](C)(C)C(C)(C)C)cc1C.[Mg]. The van der Waals surface area contributed by atoms with Gasteiger partial charge in [-0.25, -0.2) is 0 Å². The molecule has 0 N–H and O–H groups in total. The van der Waals surface area contributed by atoms with Gasteiger partial charge in [-0.15, -0.1) is 0 Å². The minimum Gasteiger partial charge on any atom is -0.0651 e. The van der Waals surface area contributed by atoms with Gasteiger partial charge in [0.1, 0.15) is 0 Å². The summed E-state index contributed by atoms with van der Waals surface area (Å²) in [4.78, 5) is 0. The van der Waals surface area contributed by atoms with E-state index in [0.717, 1.165) is 0 Å². The van der Waals surface area contributed by atoms with E-state index in [1.165, 1.54) is 11.1 Å². The second-order valence-corrected chi connectivity index (χ2v) is 11.5. The summed E-state index contributed by atoms with van der Waals surface area (Å²) < 4.78 is 0. The zero-order valence-corrected chi connectivity index (χ0v) is 14.4. The summed E-state index contributed by atoms with van der Waals surface area (Å²) >= 11 is 0. The topological polar surface area (TPSA) is 0 Å². The van der Waals surface area contributed by atoms with Crippen LogP contribution in [0.2, 0.25) is 18.1 Å². The molecule has 0 aliphatic heterocycles. The molecule has 0 amide bonds. The normalized spacial score (nSPS) is 12.2. The Kier molecular flexibility index (Phi) is 5.30. The van der Waals surface area contributed by atoms with Crippen molar-refractivity contribution in [3.63, 3.8) is 0 Å². The first-order chi connectivity index (χ1) is 6.66. The summed E-state index contributed by atoms with van der Waals surface area (Å²) in [6.07, 6.45) is 0. The molecule has 0 unspecified atom stereocenters. The number of hydrogen-bond donors (Lipinski definition) is 0. The maximum atomic E-state index is 2.47. The van der Waals surface area contributed by atoms with E-state index in [4.69, 9.17) is 0 Å². The Balaban J connectivity index is 0.00000225. The van der Waals surface area contributed by atoms with Gasteiger partial charge in [0.15, 0.2) is 0 Å². The maximum absolute atomic E-state index is 2.47. The van der Waals surface area contributed by atoms with Crippen LogP contribution >= 0.6 is 0 Å². The Labute approximate surface area is 118 Å². The molecule has 0 nitrogen and oxygen atoms in total. The van der Waals surface area contributed by atoms with Gasteiger partial charge in [-0.05, 0) is 30.0 Å². The molecule has 86 valence electrons. The van der Waals surface area contributed by atoms with E-state index in [2.05, 4.69) is 65.9 Å². The Bertz CT molecular complexity index is 361. The van der Waals surface area contributed by atoms with E-state index >= 15 is 0 Å². The molecule has 0 heterocycles. The molecule has 0 atom stereocenters. The van der Waals surface area contributed by atoms with Crippen LogP contribution in [0.15, 0.2) is 18.2 Å². The van der Waals surface area contributed by atoms with Gasteiger partial charge in [-0.1, -0.05) is 57.3 Å². The lowest BCUT2D eigenvalue weighted by Gasteiger charge is -2.37. The van der Waals surface area contributed by atoms with Crippen molar-refractivity contribution in [1.29, 1.82) is 0 Å². The van der Waals surface area contributed by atoms with Crippen LogP contribution in [-0.4, -0.2) is 31.1 Å². The van der Waals surface area contributed by atoms with Crippen molar-refractivity contribution in [1.82, 2.24) is 0 Å². The van der Waals surface area contributed by atoms with Crippen molar-refractivity contribution in [2.24, 2.45) is 0 Å². The van der Waals surface area contributed by atoms with Gasteiger partial charge in [-0.3, -0.25) is 0 Å². The first-order valence-corrected chi connectivity index (χ1v) is 8.74. The highest BCUT2D eigenvalue weighted by Gasteiger charge is 2.36. The Morgan fingerprint density at radius 2 is 1.44 bits per heavy atom. The number of rotatable bonds is 1. The largest absolute Gasteiger partial charge is 0.0859 e. The number of aryl methyl sites for hydroxylation is 2. The molecule has 2 heteroatoms. The smallest absolute Gasteiger partial charge is 0.0651 e. The summed E-state index contributed by atoms with van der Waals surface area (Å²) in [5, 5.41) is 2.01. The predicted octanol–water partition coefficient (Wildman–Crippen LogP) is 3.64. The second-order valence-electron chi connectivity index (χ2n) is 6.17. The quantitative estimate of drug-likeness (QED) is 0.662. The van der Waals surface area contributed by atoms with Crippen molar-refractivity contribution in [3.05, 3.63) is 29.3 Å². The highest BCUT2D eigenvalue weighted by atomic mass is 28.3. The summed E-state index contributed by atoms with van der Waals surface area (Å²) in [7, 11) is -1.34. The highest BCUT2D eigenvalue weighted by Crippen LogP contribution is 2.35. The molecule has 2 radical (unpaired) electrons. The molecule has 0 spiro atoms. The van der Waals surface area contributed by atoms with Gasteiger partial charge in [-0.2, -0.15) is 0 Å². The van der Waals surface area contributed by atoms with Gasteiger partial charge in [0.25, 0.3) is 0 Å². The van der Waals surface area contributed by atoms with Crippen molar-refractivity contribution < 1.29 is 0 Å². The van der Waals surface area contributed by atoms with Crippen LogP contribution < -0.4 is 5.19 Å². The van der Waals surface area contributed by atoms with Gasteiger partial charge in [0.05, 0.1) is 8.07 Å². The fourth-order valence-electron chi connectivity index (χ4n) is 1.56. The van der Waals surface area contributed by atoms with E-state index in [1.54, 1.807) is 5.19 Å². The molecule has 0 saturated heterocycles. The van der Waals surface area contributed by atoms with Gasteiger partial charge < -0.3 is 0 Å². The highest BCUT2D eigenvalue weighted by molar-refractivity contribution is 6.92. The van der Waals surface area contributed by atoms with Crippen LogP contribution in [0.3, 0.4) is 0 Å². The van der Waals surface area contributed by atoms with Crippen LogP contribution in [0, 0.1) is 13.8 Å². The van der Waals surface area contributed by atoms with E-state index in [-0.39, 0.29) is 23.1 Å². The average Bonchev–Trinajstić information content (AvgIpc) is 2.07. The molecule has 16 heavy (non-hydrogen) atoms. The average molecular weight is 245 g/mol. The van der Waals surface area contributed by atoms with Crippen LogP contribution in [0.4, 0.5) is 0 Å². The predicted molar refractivity (Wildman–Crippen MR) is 78.5 cm³/mol. The van der Waals surface area contributed by atoms with Crippen molar-refractivity contribution in [2.75, 3.05) is 0 Å². The molecule has 1 rings (SSSR count). The molecule has 0 aromatic heterocycles. The van der Waals surface area contributed by atoms with E-state index in [0.29, 0.717) is 5.04 Å². The molecule has 1 aromatic carbocycles. The minimum atomic E-state index is -1.34. The van der Waals surface area contributed by atoms with Crippen LogP contribution in [0.25, 0.3) is 0 Å². The van der Waals surface area contributed by atoms with Gasteiger partial charge in [0, 0.05) is 23.1 Å². The third kappa shape index (κ3) is 3.11. The van der Waals surface area contributed by atoms with Crippen molar-refractivity contribution >= 4 is 36.3 Å². The van der Waals surface area contributed by atoms with Crippen molar-refractivity contribution in [3.8, 4) is 0 Å². The van der Waals surface area contributed by atoms with E-state index in [1.807, 2.05) is 0 Å². The lowest BCUT2D eigenvalue weighted by Crippen LogP contribution is -2.49. The zero-order chi connectivity index (χ0) is 11.9. The third-order valence-corrected chi connectivity index (χ3v) is 9.61. The summed E-state index contributed by atoms with van der Waals surface area (Å²) in [6.45, 7) is 16.4. The molecular weight excluding hydrogens is 221 g/mol. The third-order valence-electron chi connectivity index (χ3n) is 4.10. The number of hydrogen-bond acceptors (Lipinski definition) is 0. The number of benzene rings is 1. The van der Waals surface area contributed by atoms with E-state index < -0.39 is 8.07 Å². The summed E-state index contributed by atoms with van der Waals surface area (Å²) in [5.41, 5.74) is 2.83. The Morgan fingerprint density at radius 3 is 1.81 bits per heavy atom. The molecule has 1 aromatic rings. The van der Waals surface area contributed by atoms with Gasteiger partial charge >= 0.3 is 0 Å².